The predicted molar refractivity (Wildman–Crippen MR) is 83.0 cm³/mol. The highest BCUT2D eigenvalue weighted by Gasteiger charge is 2.40. The summed E-state index contributed by atoms with van der Waals surface area (Å²) in [5.74, 6) is -1.67. The van der Waals surface area contributed by atoms with Crippen LogP contribution >= 0.6 is 7.60 Å². The maximum Gasteiger partial charge on any atom is 0.368 e. The van der Waals surface area contributed by atoms with E-state index in [1.165, 1.54) is 21.3 Å². The van der Waals surface area contributed by atoms with Gasteiger partial charge in [-0.1, -0.05) is 20.8 Å². The lowest BCUT2D eigenvalue weighted by atomic mass is 9.92. The van der Waals surface area contributed by atoms with E-state index in [0.717, 1.165) is 5.69 Å². The zero-order valence-electron chi connectivity index (χ0n) is 14.0. The normalized spacial score (nSPS) is 14.0. The number of ether oxygens (including phenoxy) is 1. The van der Waals surface area contributed by atoms with Crippen molar-refractivity contribution >= 4 is 19.3 Å². The largest absolute Gasteiger partial charge is 0.368 e. The number of amides is 1. The van der Waals surface area contributed by atoms with E-state index in [1.807, 2.05) is 20.8 Å². The van der Waals surface area contributed by atoms with Gasteiger partial charge in [-0.25, -0.2) is 0 Å². The number of anilines is 1. The molecule has 1 aromatic rings. The summed E-state index contributed by atoms with van der Waals surface area (Å²) in [5, 5.41) is 6.80. The molecule has 22 heavy (non-hydrogen) atoms. The minimum Gasteiger partial charge on any atom is -0.360 e. The van der Waals surface area contributed by atoms with Crippen LogP contribution in [0.4, 0.5) is 5.82 Å². The van der Waals surface area contributed by atoms with Crippen LogP contribution in [-0.4, -0.2) is 42.9 Å². The average Bonchev–Trinajstić information content (AvgIpc) is 2.79. The van der Waals surface area contributed by atoms with E-state index in [-0.39, 0.29) is 5.41 Å². The van der Waals surface area contributed by atoms with E-state index >= 15 is 0 Å². The summed E-state index contributed by atoms with van der Waals surface area (Å²) < 4.78 is 28.6. The number of hydrogen-bond acceptors (Lipinski definition) is 6. The van der Waals surface area contributed by atoms with Gasteiger partial charge in [0.2, 0.25) is 5.85 Å². The molecule has 1 rings (SSSR count). The minimum absolute atomic E-state index is 0.125. The van der Waals surface area contributed by atoms with Crippen LogP contribution in [0.25, 0.3) is 0 Å². The molecular formula is C13H24N3O5P. The lowest BCUT2D eigenvalue weighted by Crippen LogP contribution is -2.30. The molecule has 0 fully saturated rings. The van der Waals surface area contributed by atoms with Gasteiger partial charge in [-0.2, -0.15) is 5.10 Å². The molecule has 0 radical (unpaired) electrons. The van der Waals surface area contributed by atoms with Crippen molar-refractivity contribution < 1.29 is 23.1 Å². The number of aromatic nitrogens is 2. The topological polar surface area (TPSA) is 91.7 Å². The number of carbonyl (C=O) groups is 1. The molecule has 0 spiro atoms. The van der Waals surface area contributed by atoms with Crippen molar-refractivity contribution in [1.29, 1.82) is 0 Å². The van der Waals surface area contributed by atoms with Gasteiger partial charge in [0.05, 0.1) is 0 Å². The Morgan fingerprint density at radius 3 is 2.23 bits per heavy atom. The molecule has 126 valence electrons. The summed E-state index contributed by atoms with van der Waals surface area (Å²) >= 11 is 0. The van der Waals surface area contributed by atoms with Gasteiger partial charge in [-0.05, 0) is 0 Å². The Morgan fingerprint density at radius 2 is 1.86 bits per heavy atom. The first kappa shape index (κ1) is 18.8. The molecule has 1 amide bonds. The third-order valence-electron chi connectivity index (χ3n) is 3.14. The van der Waals surface area contributed by atoms with Gasteiger partial charge >= 0.3 is 7.60 Å². The molecule has 1 N–H and O–H groups in total. The molecule has 0 aliphatic rings. The highest BCUT2D eigenvalue weighted by atomic mass is 31.2. The fourth-order valence-corrected chi connectivity index (χ4v) is 3.21. The standard InChI is InChI=1S/C13H24N3O5P/c1-13(2,3)9-8-10(15-16(9)4)14-11(17)12(19-5)22(18,20-6)21-7/h8,12H,1-7H3,(H,14,15,17). The number of hydrogen-bond donors (Lipinski definition) is 1. The van der Waals surface area contributed by atoms with Gasteiger partial charge in [0.25, 0.3) is 5.91 Å². The van der Waals surface area contributed by atoms with Gasteiger partial charge in [0.1, 0.15) is 0 Å². The fourth-order valence-electron chi connectivity index (χ4n) is 2.06. The third kappa shape index (κ3) is 3.95. The molecule has 1 heterocycles. The highest BCUT2D eigenvalue weighted by molar-refractivity contribution is 7.55. The molecule has 0 aromatic carbocycles. The summed E-state index contributed by atoms with van der Waals surface area (Å²) in [4.78, 5) is 12.3. The zero-order valence-corrected chi connectivity index (χ0v) is 14.9. The molecule has 8 nitrogen and oxygen atoms in total. The molecule has 1 unspecified atom stereocenters. The lowest BCUT2D eigenvalue weighted by molar-refractivity contribution is -0.122. The molecule has 0 aliphatic carbocycles. The van der Waals surface area contributed by atoms with E-state index in [9.17, 15) is 9.36 Å². The Morgan fingerprint density at radius 1 is 1.32 bits per heavy atom. The van der Waals surface area contributed by atoms with Gasteiger partial charge < -0.3 is 19.1 Å². The second-order valence-corrected chi connectivity index (χ2v) is 8.05. The Hall–Kier alpha value is -1.21. The van der Waals surface area contributed by atoms with Crippen molar-refractivity contribution in [2.24, 2.45) is 7.05 Å². The summed E-state index contributed by atoms with van der Waals surface area (Å²) in [6, 6.07) is 1.76. The van der Waals surface area contributed by atoms with E-state index in [2.05, 4.69) is 10.4 Å². The number of aryl methyl sites for hydroxylation is 1. The predicted octanol–water partition coefficient (Wildman–Crippen LogP) is 2.11. The van der Waals surface area contributed by atoms with Crippen LogP contribution in [0.5, 0.6) is 0 Å². The van der Waals surface area contributed by atoms with Crippen molar-refractivity contribution in [2.75, 3.05) is 26.6 Å². The molecule has 0 saturated heterocycles. The van der Waals surface area contributed by atoms with Crippen LogP contribution in [0.1, 0.15) is 26.5 Å². The number of nitrogens with zero attached hydrogens (tertiary/aromatic N) is 2. The van der Waals surface area contributed by atoms with Gasteiger partial charge in [0, 0.05) is 45.6 Å². The number of carbonyl (C=O) groups excluding carboxylic acids is 1. The average molecular weight is 333 g/mol. The van der Waals surface area contributed by atoms with Crippen molar-refractivity contribution in [3.63, 3.8) is 0 Å². The maximum absolute atomic E-state index is 12.3. The number of methoxy groups -OCH3 is 1. The quantitative estimate of drug-likeness (QED) is 0.802. The Kier molecular flexibility index (Phi) is 5.92. The number of rotatable bonds is 6. The highest BCUT2D eigenvalue weighted by Crippen LogP contribution is 2.52. The summed E-state index contributed by atoms with van der Waals surface area (Å²) in [7, 11) is 1.75. The first-order chi connectivity index (χ1) is 10.1. The Balaban J connectivity index is 2.99. The Bertz CT molecular complexity index is 571. The van der Waals surface area contributed by atoms with Crippen molar-refractivity contribution in [3.05, 3.63) is 11.8 Å². The van der Waals surface area contributed by atoms with Crippen molar-refractivity contribution in [2.45, 2.75) is 32.0 Å². The summed E-state index contributed by atoms with van der Waals surface area (Å²) in [6.45, 7) is 6.12. The second kappa shape index (κ2) is 6.91. The first-order valence-corrected chi connectivity index (χ1v) is 8.29. The smallest absolute Gasteiger partial charge is 0.360 e. The maximum atomic E-state index is 12.3. The van der Waals surface area contributed by atoms with Crippen LogP contribution in [0.2, 0.25) is 0 Å². The second-order valence-electron chi connectivity index (χ2n) is 5.77. The first-order valence-electron chi connectivity index (χ1n) is 6.68. The van der Waals surface area contributed by atoms with Crippen LogP contribution in [0.3, 0.4) is 0 Å². The van der Waals surface area contributed by atoms with Crippen LogP contribution in [-0.2, 0) is 35.6 Å². The number of nitrogens with one attached hydrogen (secondary N) is 1. The fraction of sp³-hybridized carbons (Fsp3) is 0.692. The molecular weight excluding hydrogens is 309 g/mol. The van der Waals surface area contributed by atoms with E-state index in [0.29, 0.717) is 5.82 Å². The van der Waals surface area contributed by atoms with Crippen molar-refractivity contribution in [3.8, 4) is 0 Å². The van der Waals surface area contributed by atoms with Crippen LogP contribution in [0.15, 0.2) is 6.07 Å². The third-order valence-corrected chi connectivity index (χ3v) is 5.18. The van der Waals surface area contributed by atoms with E-state index < -0.39 is 19.3 Å². The SMILES string of the molecule is COC(C(=O)Nc1cc(C(C)(C)C)n(C)n1)P(=O)(OC)OC. The van der Waals surface area contributed by atoms with Crippen LogP contribution < -0.4 is 5.32 Å². The molecule has 0 bridgehead atoms. The van der Waals surface area contributed by atoms with Gasteiger partial charge in [-0.3, -0.25) is 14.0 Å². The van der Waals surface area contributed by atoms with E-state index in [4.69, 9.17) is 13.8 Å². The molecule has 0 aliphatic heterocycles. The lowest BCUT2D eigenvalue weighted by Gasteiger charge is -2.21. The monoisotopic (exact) mass is 333 g/mol. The van der Waals surface area contributed by atoms with Crippen LogP contribution in [0, 0.1) is 0 Å². The van der Waals surface area contributed by atoms with E-state index in [1.54, 1.807) is 17.8 Å². The molecule has 1 atom stereocenters. The summed E-state index contributed by atoms with van der Waals surface area (Å²) in [5.41, 5.74) is 0.818. The molecule has 9 heteroatoms. The van der Waals surface area contributed by atoms with Gasteiger partial charge in [0.15, 0.2) is 5.82 Å². The minimum atomic E-state index is -3.69. The molecule has 1 aromatic heterocycles. The van der Waals surface area contributed by atoms with Crippen molar-refractivity contribution in [1.82, 2.24) is 9.78 Å². The zero-order chi connectivity index (χ0) is 17.1. The summed E-state index contributed by atoms with van der Waals surface area (Å²) in [6.07, 6.45) is 0. The van der Waals surface area contributed by atoms with Gasteiger partial charge in [-0.15, -0.1) is 0 Å². The Labute approximate surface area is 130 Å². The molecule has 0 saturated carbocycles.